The second-order valence-electron chi connectivity index (χ2n) is 9.68. The van der Waals surface area contributed by atoms with Crippen molar-refractivity contribution >= 4 is 5.90 Å². The minimum absolute atomic E-state index is 0.275. The zero-order valence-corrected chi connectivity index (χ0v) is 21.6. The van der Waals surface area contributed by atoms with Crippen LogP contribution in [0.25, 0.3) is 0 Å². The van der Waals surface area contributed by atoms with Gasteiger partial charge in [0.2, 0.25) is 6.29 Å². The summed E-state index contributed by atoms with van der Waals surface area (Å²) in [6.07, 6.45) is -2.46. The number of aliphatic hydroxyl groups is 1. The first-order valence-corrected chi connectivity index (χ1v) is 13.1. The first kappa shape index (κ1) is 26.5. The van der Waals surface area contributed by atoms with E-state index in [0.717, 1.165) is 16.7 Å². The Morgan fingerprint density at radius 3 is 1.87 bits per heavy atom. The van der Waals surface area contributed by atoms with Gasteiger partial charge in [-0.3, -0.25) is 0 Å². The Bertz CT molecular complexity index is 1140. The van der Waals surface area contributed by atoms with Crippen LogP contribution in [0.3, 0.4) is 0 Å². The van der Waals surface area contributed by atoms with Crippen LogP contribution < -0.4 is 0 Å². The SMILES string of the molecule is CC1=N[C@@H]2[C@@H](OCc3ccccc3)[C@H](OCc3ccccc3)[C@@H](COCc3ccccc3)O[C@@H]2CC(O)O1. The molecule has 0 aromatic heterocycles. The first-order chi connectivity index (χ1) is 18.7. The van der Waals surface area contributed by atoms with E-state index in [1.807, 2.05) is 91.0 Å². The number of fused-ring (bicyclic) bond motifs is 1. The van der Waals surface area contributed by atoms with Crippen LogP contribution in [0.15, 0.2) is 96.0 Å². The van der Waals surface area contributed by atoms with Crippen LogP contribution in [-0.4, -0.2) is 54.4 Å². The summed E-state index contributed by atoms with van der Waals surface area (Å²) < 4.78 is 31.3. The molecule has 2 aliphatic heterocycles. The minimum Gasteiger partial charge on any atom is -0.452 e. The molecule has 6 atom stereocenters. The van der Waals surface area contributed by atoms with E-state index < -0.39 is 36.7 Å². The van der Waals surface area contributed by atoms with Crippen molar-refractivity contribution in [1.82, 2.24) is 0 Å². The molecule has 0 aliphatic carbocycles. The monoisotopic (exact) mass is 517 g/mol. The quantitative estimate of drug-likeness (QED) is 0.421. The number of aliphatic imine (C=N–C) groups is 1. The predicted octanol–water partition coefficient (Wildman–Crippen LogP) is 4.67. The molecule has 1 saturated heterocycles. The molecule has 1 N–H and O–H groups in total. The van der Waals surface area contributed by atoms with Crippen molar-refractivity contribution in [3.8, 4) is 0 Å². The lowest BCUT2D eigenvalue weighted by atomic mass is 9.91. The molecular formula is C31H35NO6. The van der Waals surface area contributed by atoms with Gasteiger partial charge in [-0.15, -0.1) is 0 Å². The highest BCUT2D eigenvalue weighted by Gasteiger charge is 2.49. The zero-order valence-electron chi connectivity index (χ0n) is 21.6. The molecule has 1 fully saturated rings. The van der Waals surface area contributed by atoms with Gasteiger partial charge in [0.1, 0.15) is 24.4 Å². The Morgan fingerprint density at radius 2 is 1.29 bits per heavy atom. The van der Waals surface area contributed by atoms with Crippen molar-refractivity contribution in [1.29, 1.82) is 0 Å². The van der Waals surface area contributed by atoms with E-state index in [4.69, 9.17) is 28.7 Å². The second-order valence-corrected chi connectivity index (χ2v) is 9.68. The van der Waals surface area contributed by atoms with Crippen LogP contribution in [0.5, 0.6) is 0 Å². The topological polar surface area (TPSA) is 78.7 Å². The van der Waals surface area contributed by atoms with Gasteiger partial charge < -0.3 is 28.8 Å². The van der Waals surface area contributed by atoms with E-state index in [9.17, 15) is 5.11 Å². The fourth-order valence-corrected chi connectivity index (χ4v) is 4.97. The number of nitrogens with zero attached hydrogens (tertiary/aromatic N) is 1. The molecular weight excluding hydrogens is 482 g/mol. The normalized spacial score (nSPS) is 27.1. The maximum Gasteiger partial charge on any atom is 0.201 e. The Labute approximate surface area is 224 Å². The number of ether oxygens (including phenoxy) is 5. The standard InChI is InChI=1S/C31H35NO6/c1-22-32-29-26(17-28(33)37-22)38-27(21-34-18-23-11-5-2-6-12-23)30(35-19-24-13-7-3-8-14-24)31(29)36-20-25-15-9-4-10-16-25/h2-16,26-31,33H,17-21H2,1H3/t26-,27-,28?,29+,30-,31-/m1/s1. The summed E-state index contributed by atoms with van der Waals surface area (Å²) in [5, 5.41) is 10.4. The fourth-order valence-electron chi connectivity index (χ4n) is 4.97. The zero-order chi connectivity index (χ0) is 26.2. The lowest BCUT2D eigenvalue weighted by Gasteiger charge is -2.44. The molecule has 0 bridgehead atoms. The van der Waals surface area contributed by atoms with Gasteiger partial charge in [0.25, 0.3) is 0 Å². The highest BCUT2D eigenvalue weighted by atomic mass is 16.6. The van der Waals surface area contributed by atoms with Gasteiger partial charge in [-0.2, -0.15) is 0 Å². The number of rotatable bonds is 10. The largest absolute Gasteiger partial charge is 0.452 e. The average Bonchev–Trinajstić information content (AvgIpc) is 3.08. The third-order valence-corrected chi connectivity index (χ3v) is 6.79. The van der Waals surface area contributed by atoms with Gasteiger partial charge in [-0.1, -0.05) is 91.0 Å². The summed E-state index contributed by atoms with van der Waals surface area (Å²) in [7, 11) is 0. The summed E-state index contributed by atoms with van der Waals surface area (Å²) in [5.74, 6) is 0.405. The van der Waals surface area contributed by atoms with Gasteiger partial charge in [0.05, 0.1) is 32.5 Å². The van der Waals surface area contributed by atoms with Gasteiger partial charge in [-0.25, -0.2) is 4.99 Å². The van der Waals surface area contributed by atoms with Crippen LogP contribution in [0.1, 0.15) is 30.0 Å². The second kappa shape index (κ2) is 13.1. The van der Waals surface area contributed by atoms with Crippen molar-refractivity contribution < 1.29 is 28.8 Å². The van der Waals surface area contributed by atoms with Crippen molar-refractivity contribution in [3.05, 3.63) is 108 Å². The van der Waals surface area contributed by atoms with Gasteiger partial charge in [0.15, 0.2) is 5.90 Å². The first-order valence-electron chi connectivity index (χ1n) is 13.1. The van der Waals surface area contributed by atoms with E-state index in [-0.39, 0.29) is 6.42 Å². The van der Waals surface area contributed by atoms with Gasteiger partial charge in [-0.05, 0) is 16.7 Å². The molecule has 0 spiro atoms. The molecule has 0 radical (unpaired) electrons. The summed E-state index contributed by atoms with van der Waals surface area (Å²) in [6.45, 7) is 3.31. The van der Waals surface area contributed by atoms with Crippen LogP contribution in [0, 0.1) is 0 Å². The van der Waals surface area contributed by atoms with E-state index >= 15 is 0 Å². The Morgan fingerprint density at radius 1 is 0.763 bits per heavy atom. The smallest absolute Gasteiger partial charge is 0.201 e. The highest BCUT2D eigenvalue weighted by molar-refractivity contribution is 5.73. The lowest BCUT2D eigenvalue weighted by Crippen LogP contribution is -2.60. The molecule has 0 saturated carbocycles. The van der Waals surface area contributed by atoms with Gasteiger partial charge in [0, 0.05) is 13.3 Å². The Balaban J connectivity index is 1.39. The molecule has 1 unspecified atom stereocenters. The highest BCUT2D eigenvalue weighted by Crippen LogP contribution is 2.33. The molecule has 3 aromatic carbocycles. The number of hydrogen-bond acceptors (Lipinski definition) is 7. The van der Waals surface area contributed by atoms with Crippen LogP contribution >= 0.6 is 0 Å². The van der Waals surface area contributed by atoms with Crippen molar-refractivity contribution in [2.45, 2.75) is 69.9 Å². The summed E-state index contributed by atoms with van der Waals surface area (Å²) in [4.78, 5) is 4.77. The van der Waals surface area contributed by atoms with Crippen molar-refractivity contribution in [2.24, 2.45) is 4.99 Å². The fraction of sp³-hybridized carbons (Fsp3) is 0.387. The molecule has 38 heavy (non-hydrogen) atoms. The van der Waals surface area contributed by atoms with E-state index in [0.29, 0.717) is 32.3 Å². The van der Waals surface area contributed by atoms with Crippen molar-refractivity contribution in [2.75, 3.05) is 6.61 Å². The summed E-state index contributed by atoms with van der Waals surface area (Å²) in [6, 6.07) is 29.7. The summed E-state index contributed by atoms with van der Waals surface area (Å²) >= 11 is 0. The minimum atomic E-state index is -1.00. The van der Waals surface area contributed by atoms with Crippen LogP contribution in [0.4, 0.5) is 0 Å². The molecule has 5 rings (SSSR count). The van der Waals surface area contributed by atoms with E-state index in [1.165, 1.54) is 0 Å². The van der Waals surface area contributed by atoms with Crippen LogP contribution in [0.2, 0.25) is 0 Å². The van der Waals surface area contributed by atoms with Crippen molar-refractivity contribution in [3.63, 3.8) is 0 Å². The molecule has 2 aliphatic rings. The molecule has 7 heteroatoms. The number of aliphatic hydroxyl groups excluding tert-OH is 1. The third kappa shape index (κ3) is 7.07. The number of hydrogen-bond donors (Lipinski definition) is 1. The number of benzene rings is 3. The van der Waals surface area contributed by atoms with Gasteiger partial charge >= 0.3 is 0 Å². The maximum atomic E-state index is 10.4. The lowest BCUT2D eigenvalue weighted by molar-refractivity contribution is -0.233. The Kier molecular flexibility index (Phi) is 9.17. The third-order valence-electron chi connectivity index (χ3n) is 6.79. The predicted molar refractivity (Wildman–Crippen MR) is 143 cm³/mol. The van der Waals surface area contributed by atoms with E-state index in [2.05, 4.69) is 0 Å². The van der Waals surface area contributed by atoms with E-state index in [1.54, 1.807) is 6.92 Å². The molecule has 2 heterocycles. The average molecular weight is 518 g/mol. The molecule has 3 aromatic rings. The van der Waals surface area contributed by atoms with Crippen LogP contribution in [-0.2, 0) is 43.5 Å². The summed E-state index contributed by atoms with van der Waals surface area (Å²) in [5.41, 5.74) is 3.19. The Hall–Kier alpha value is -3.07. The molecule has 7 nitrogen and oxygen atoms in total. The molecule has 200 valence electrons. The maximum absolute atomic E-state index is 10.4. The molecule has 0 amide bonds.